The summed E-state index contributed by atoms with van der Waals surface area (Å²) >= 11 is 0. The van der Waals surface area contributed by atoms with Crippen molar-refractivity contribution in [3.63, 3.8) is 0 Å². The molecular formula is C13H18N4O2. The molecule has 0 spiro atoms. The van der Waals surface area contributed by atoms with Gasteiger partial charge in [0.1, 0.15) is 5.82 Å². The summed E-state index contributed by atoms with van der Waals surface area (Å²) in [6.45, 7) is 4.02. The molecule has 102 valence electrons. The number of nitrogens with zero attached hydrogens (tertiary/aromatic N) is 3. The molecule has 0 saturated carbocycles. The third kappa shape index (κ3) is 2.28. The molecule has 6 nitrogen and oxygen atoms in total. The Labute approximate surface area is 112 Å². The maximum Gasteiger partial charge on any atom is 0.277 e. The minimum atomic E-state index is -0.348. The molecule has 2 saturated heterocycles. The van der Waals surface area contributed by atoms with Crippen molar-refractivity contribution < 1.29 is 4.92 Å². The number of rotatable bonds is 3. The second kappa shape index (κ2) is 4.77. The van der Waals surface area contributed by atoms with Crippen LogP contribution in [-0.4, -0.2) is 40.0 Å². The number of hydrogen-bond donors (Lipinski definition) is 1. The topological polar surface area (TPSA) is 71.3 Å². The van der Waals surface area contributed by atoms with Crippen molar-refractivity contribution in [1.29, 1.82) is 0 Å². The lowest BCUT2D eigenvalue weighted by Crippen LogP contribution is -2.34. The maximum atomic E-state index is 10.9. The third-order valence-corrected chi connectivity index (χ3v) is 4.21. The van der Waals surface area contributed by atoms with Crippen molar-refractivity contribution in [2.24, 2.45) is 0 Å². The average molecular weight is 262 g/mol. The normalized spacial score (nSPS) is 26.4. The molecule has 1 aromatic heterocycles. The lowest BCUT2D eigenvalue weighted by molar-refractivity contribution is -0.385. The van der Waals surface area contributed by atoms with Crippen LogP contribution in [0.15, 0.2) is 12.3 Å². The van der Waals surface area contributed by atoms with E-state index in [0.717, 1.165) is 13.0 Å². The van der Waals surface area contributed by atoms with Crippen LogP contribution in [0.25, 0.3) is 0 Å². The van der Waals surface area contributed by atoms with Crippen molar-refractivity contribution in [2.75, 3.05) is 18.4 Å². The second-order valence-electron chi connectivity index (χ2n) is 5.40. The molecule has 1 aromatic rings. The second-order valence-corrected chi connectivity index (χ2v) is 5.40. The number of hydrogen-bond acceptors (Lipinski definition) is 5. The highest BCUT2D eigenvalue weighted by Gasteiger charge is 2.37. The Balaban J connectivity index is 1.76. The van der Waals surface area contributed by atoms with Gasteiger partial charge in [-0.3, -0.25) is 15.0 Å². The number of aromatic nitrogens is 1. The number of anilines is 1. The summed E-state index contributed by atoms with van der Waals surface area (Å²) < 4.78 is 0. The summed E-state index contributed by atoms with van der Waals surface area (Å²) in [5, 5.41) is 14.3. The Morgan fingerprint density at radius 3 is 3.11 bits per heavy atom. The lowest BCUT2D eigenvalue weighted by atomic mass is 10.1. The predicted octanol–water partition coefficient (Wildman–Crippen LogP) is 1.95. The Bertz CT molecular complexity index is 505. The van der Waals surface area contributed by atoms with Gasteiger partial charge < -0.3 is 5.32 Å². The first-order chi connectivity index (χ1) is 9.15. The molecule has 6 heteroatoms. The smallest absolute Gasteiger partial charge is 0.277 e. The number of nitro groups is 1. The van der Waals surface area contributed by atoms with Gasteiger partial charge in [0, 0.05) is 30.4 Å². The van der Waals surface area contributed by atoms with E-state index in [9.17, 15) is 10.1 Å². The highest BCUT2D eigenvalue weighted by atomic mass is 16.6. The molecule has 0 amide bonds. The first-order valence-corrected chi connectivity index (χ1v) is 6.77. The molecule has 0 bridgehead atoms. The minimum absolute atomic E-state index is 0.138. The van der Waals surface area contributed by atoms with Crippen LogP contribution in [0.3, 0.4) is 0 Å². The lowest BCUT2D eigenvalue weighted by Gasteiger charge is -2.21. The fraction of sp³-hybridized carbons (Fsp3) is 0.615. The highest BCUT2D eigenvalue weighted by Crippen LogP contribution is 2.30. The van der Waals surface area contributed by atoms with E-state index in [0.29, 0.717) is 23.5 Å². The van der Waals surface area contributed by atoms with Crippen molar-refractivity contribution in [2.45, 2.75) is 38.3 Å². The van der Waals surface area contributed by atoms with E-state index in [2.05, 4.69) is 15.2 Å². The maximum absolute atomic E-state index is 10.9. The Morgan fingerprint density at radius 1 is 1.47 bits per heavy atom. The van der Waals surface area contributed by atoms with Crippen LogP contribution in [0.2, 0.25) is 0 Å². The van der Waals surface area contributed by atoms with Crippen LogP contribution in [0, 0.1) is 17.0 Å². The summed E-state index contributed by atoms with van der Waals surface area (Å²) in [5.74, 6) is 0.621. The molecule has 3 rings (SSSR count). The van der Waals surface area contributed by atoms with Gasteiger partial charge in [-0.05, 0) is 32.7 Å². The van der Waals surface area contributed by atoms with Crippen LogP contribution < -0.4 is 5.32 Å². The van der Waals surface area contributed by atoms with Gasteiger partial charge in [0.2, 0.25) is 0 Å². The molecule has 19 heavy (non-hydrogen) atoms. The van der Waals surface area contributed by atoms with Gasteiger partial charge in [-0.1, -0.05) is 0 Å². The first-order valence-electron chi connectivity index (χ1n) is 6.77. The summed E-state index contributed by atoms with van der Waals surface area (Å²) in [4.78, 5) is 17.4. The van der Waals surface area contributed by atoms with Crippen molar-refractivity contribution >= 4 is 11.5 Å². The molecule has 0 aliphatic carbocycles. The van der Waals surface area contributed by atoms with Gasteiger partial charge in [0.15, 0.2) is 0 Å². The summed E-state index contributed by atoms with van der Waals surface area (Å²) in [5.41, 5.74) is 0.739. The molecule has 2 aliphatic heterocycles. The van der Waals surface area contributed by atoms with E-state index in [1.165, 1.54) is 19.4 Å². The number of pyridine rings is 1. The molecule has 0 radical (unpaired) electrons. The monoisotopic (exact) mass is 262 g/mol. The molecule has 1 N–H and O–H groups in total. The first kappa shape index (κ1) is 12.3. The Morgan fingerprint density at radius 2 is 2.32 bits per heavy atom. The van der Waals surface area contributed by atoms with E-state index in [4.69, 9.17) is 0 Å². The van der Waals surface area contributed by atoms with Gasteiger partial charge in [0.25, 0.3) is 5.69 Å². The fourth-order valence-electron chi connectivity index (χ4n) is 3.23. The van der Waals surface area contributed by atoms with Gasteiger partial charge in [0.05, 0.1) is 11.0 Å². The Hall–Kier alpha value is -1.69. The van der Waals surface area contributed by atoms with Crippen LogP contribution in [0.1, 0.15) is 24.8 Å². The number of nitrogens with one attached hydrogen (secondary N) is 1. The zero-order valence-corrected chi connectivity index (χ0v) is 11.0. The molecular weight excluding hydrogens is 244 g/mol. The molecule has 2 unspecified atom stereocenters. The molecule has 2 atom stereocenters. The number of fused-ring (bicyclic) bond motifs is 1. The zero-order chi connectivity index (χ0) is 13.4. The van der Waals surface area contributed by atoms with Crippen molar-refractivity contribution in [3.05, 3.63) is 27.9 Å². The van der Waals surface area contributed by atoms with Gasteiger partial charge >= 0.3 is 0 Å². The SMILES string of the molecule is Cc1cnc(NC2CCN3CCCC23)cc1[N+](=O)[O-]. The fourth-order valence-corrected chi connectivity index (χ4v) is 3.23. The van der Waals surface area contributed by atoms with Crippen LogP contribution in [-0.2, 0) is 0 Å². The van der Waals surface area contributed by atoms with Crippen LogP contribution in [0.4, 0.5) is 11.5 Å². The standard InChI is InChI=1S/C13H18N4O2/c1-9-8-14-13(7-12(9)17(18)19)15-10-4-6-16-5-2-3-11(10)16/h7-8,10-11H,2-6H2,1H3,(H,14,15). The van der Waals surface area contributed by atoms with Crippen LogP contribution >= 0.6 is 0 Å². The molecule has 0 aromatic carbocycles. The van der Waals surface area contributed by atoms with E-state index in [1.807, 2.05) is 0 Å². The Kier molecular flexibility index (Phi) is 3.10. The van der Waals surface area contributed by atoms with Crippen molar-refractivity contribution in [1.82, 2.24) is 9.88 Å². The molecule has 3 heterocycles. The van der Waals surface area contributed by atoms with Gasteiger partial charge in [-0.15, -0.1) is 0 Å². The molecule has 2 aliphatic rings. The van der Waals surface area contributed by atoms with E-state index >= 15 is 0 Å². The highest BCUT2D eigenvalue weighted by molar-refractivity contribution is 5.49. The van der Waals surface area contributed by atoms with Crippen LogP contribution in [0.5, 0.6) is 0 Å². The van der Waals surface area contributed by atoms with Crippen molar-refractivity contribution in [3.8, 4) is 0 Å². The summed E-state index contributed by atoms with van der Waals surface area (Å²) in [7, 11) is 0. The van der Waals surface area contributed by atoms with E-state index in [1.54, 1.807) is 19.2 Å². The molecule has 2 fully saturated rings. The van der Waals surface area contributed by atoms with Gasteiger partial charge in [-0.25, -0.2) is 4.98 Å². The number of aryl methyl sites for hydroxylation is 1. The minimum Gasteiger partial charge on any atom is -0.366 e. The summed E-state index contributed by atoms with van der Waals surface area (Å²) in [6.07, 6.45) is 5.13. The third-order valence-electron chi connectivity index (χ3n) is 4.21. The van der Waals surface area contributed by atoms with Gasteiger partial charge in [-0.2, -0.15) is 0 Å². The zero-order valence-electron chi connectivity index (χ0n) is 11.0. The predicted molar refractivity (Wildman–Crippen MR) is 72.3 cm³/mol. The van der Waals surface area contributed by atoms with E-state index < -0.39 is 0 Å². The average Bonchev–Trinajstić information content (AvgIpc) is 2.96. The summed E-state index contributed by atoms with van der Waals surface area (Å²) in [6, 6.07) is 2.49. The quantitative estimate of drug-likeness (QED) is 0.666. The largest absolute Gasteiger partial charge is 0.366 e. The van der Waals surface area contributed by atoms with E-state index in [-0.39, 0.29) is 10.6 Å².